The minimum absolute atomic E-state index is 0.0872. The molecule has 2 amide bonds. The van der Waals surface area contributed by atoms with Crippen LogP contribution in [0.2, 0.25) is 5.02 Å². The lowest BCUT2D eigenvalue weighted by Crippen LogP contribution is -2.27. The minimum Gasteiger partial charge on any atom is -0.268 e. The standard InChI is InChI=1S/C17H10ClFN2O4S/c18-14-8-12(19)5-4-11(14)9-20-16(22)15(26-17(20)23)7-10-2-1-3-13(6-10)21(24)25/h1-8H,9H2/b15-7-. The van der Waals surface area contributed by atoms with Crippen molar-refractivity contribution in [3.05, 3.63) is 79.5 Å². The summed E-state index contributed by atoms with van der Waals surface area (Å²) in [6.45, 7) is -0.0872. The average Bonchev–Trinajstić information content (AvgIpc) is 2.84. The van der Waals surface area contributed by atoms with Crippen molar-refractivity contribution in [1.29, 1.82) is 0 Å². The van der Waals surface area contributed by atoms with E-state index in [1.807, 2.05) is 0 Å². The molecule has 1 saturated heterocycles. The predicted molar refractivity (Wildman–Crippen MR) is 96.0 cm³/mol. The highest BCUT2D eigenvalue weighted by atomic mass is 35.5. The second-order valence-electron chi connectivity index (χ2n) is 5.36. The molecule has 1 aliphatic heterocycles. The SMILES string of the molecule is O=C1S/C(=C\c2cccc([N+](=O)[O-])c2)C(=O)N1Cc1ccc(F)cc1Cl. The molecule has 26 heavy (non-hydrogen) atoms. The highest BCUT2D eigenvalue weighted by molar-refractivity contribution is 8.18. The van der Waals surface area contributed by atoms with Gasteiger partial charge in [0, 0.05) is 17.2 Å². The van der Waals surface area contributed by atoms with Crippen LogP contribution in [0, 0.1) is 15.9 Å². The first-order valence-electron chi connectivity index (χ1n) is 7.29. The molecule has 0 aromatic heterocycles. The number of hydrogen-bond acceptors (Lipinski definition) is 5. The van der Waals surface area contributed by atoms with E-state index in [4.69, 9.17) is 11.6 Å². The van der Waals surface area contributed by atoms with Crippen LogP contribution >= 0.6 is 23.4 Å². The molecule has 0 atom stereocenters. The number of non-ortho nitro benzene ring substituents is 1. The van der Waals surface area contributed by atoms with E-state index in [9.17, 15) is 24.1 Å². The van der Waals surface area contributed by atoms with Gasteiger partial charge >= 0.3 is 0 Å². The number of amides is 2. The maximum absolute atomic E-state index is 13.1. The zero-order chi connectivity index (χ0) is 18.8. The van der Waals surface area contributed by atoms with Crippen molar-refractivity contribution in [1.82, 2.24) is 4.90 Å². The van der Waals surface area contributed by atoms with Crippen molar-refractivity contribution in [3.8, 4) is 0 Å². The third-order valence-corrected chi connectivity index (χ3v) is 4.86. The summed E-state index contributed by atoms with van der Waals surface area (Å²) in [4.78, 5) is 36.1. The van der Waals surface area contributed by atoms with Crippen LogP contribution in [0.1, 0.15) is 11.1 Å². The topological polar surface area (TPSA) is 80.5 Å². The van der Waals surface area contributed by atoms with Crippen LogP contribution in [0.25, 0.3) is 6.08 Å². The Morgan fingerprint density at radius 1 is 1.23 bits per heavy atom. The van der Waals surface area contributed by atoms with Gasteiger partial charge in [0.25, 0.3) is 16.8 Å². The number of nitro groups is 1. The van der Waals surface area contributed by atoms with E-state index in [0.29, 0.717) is 11.1 Å². The summed E-state index contributed by atoms with van der Waals surface area (Å²) in [7, 11) is 0. The fourth-order valence-electron chi connectivity index (χ4n) is 2.34. The second kappa shape index (κ2) is 7.27. The first-order chi connectivity index (χ1) is 12.3. The molecule has 0 saturated carbocycles. The Morgan fingerprint density at radius 3 is 2.69 bits per heavy atom. The van der Waals surface area contributed by atoms with Gasteiger partial charge in [0.2, 0.25) is 0 Å². The molecule has 9 heteroatoms. The van der Waals surface area contributed by atoms with Gasteiger partial charge in [0.15, 0.2) is 0 Å². The van der Waals surface area contributed by atoms with Gasteiger partial charge in [-0.3, -0.25) is 24.6 Å². The highest BCUT2D eigenvalue weighted by Gasteiger charge is 2.35. The first-order valence-corrected chi connectivity index (χ1v) is 8.48. The van der Waals surface area contributed by atoms with Crippen molar-refractivity contribution < 1.29 is 18.9 Å². The number of carbonyl (C=O) groups excluding carboxylic acids is 2. The van der Waals surface area contributed by atoms with E-state index in [-0.39, 0.29) is 22.2 Å². The molecule has 0 spiro atoms. The summed E-state index contributed by atoms with van der Waals surface area (Å²) in [5, 5.41) is 10.5. The molecular weight excluding hydrogens is 383 g/mol. The van der Waals surface area contributed by atoms with E-state index in [1.54, 1.807) is 6.07 Å². The fraction of sp³-hybridized carbons (Fsp3) is 0.0588. The Balaban J connectivity index is 1.84. The summed E-state index contributed by atoms with van der Waals surface area (Å²) >= 11 is 6.67. The lowest BCUT2D eigenvalue weighted by molar-refractivity contribution is -0.384. The number of carbonyl (C=O) groups is 2. The molecule has 2 aromatic rings. The molecule has 0 aliphatic carbocycles. The Kier molecular flexibility index (Phi) is 5.06. The minimum atomic E-state index is -0.542. The molecule has 0 N–H and O–H groups in total. The van der Waals surface area contributed by atoms with Gasteiger partial charge in [-0.25, -0.2) is 4.39 Å². The number of rotatable bonds is 4. The third kappa shape index (κ3) is 3.76. The number of benzene rings is 2. The zero-order valence-corrected chi connectivity index (χ0v) is 14.6. The molecular formula is C17H10ClFN2O4S. The smallest absolute Gasteiger partial charge is 0.268 e. The van der Waals surface area contributed by atoms with Crippen molar-refractivity contribution in [2.24, 2.45) is 0 Å². The molecule has 1 aliphatic rings. The summed E-state index contributed by atoms with van der Waals surface area (Å²) in [6.07, 6.45) is 1.42. The van der Waals surface area contributed by atoms with Gasteiger partial charge in [-0.15, -0.1) is 0 Å². The Labute approximate surface area is 156 Å². The van der Waals surface area contributed by atoms with Crippen LogP contribution in [-0.4, -0.2) is 21.0 Å². The Bertz CT molecular complexity index is 964. The Morgan fingerprint density at radius 2 is 2.00 bits per heavy atom. The molecule has 0 radical (unpaired) electrons. The lowest BCUT2D eigenvalue weighted by Gasteiger charge is -2.13. The van der Waals surface area contributed by atoms with Crippen LogP contribution in [0.15, 0.2) is 47.4 Å². The highest BCUT2D eigenvalue weighted by Crippen LogP contribution is 2.34. The van der Waals surface area contributed by atoms with E-state index in [2.05, 4.69) is 0 Å². The molecule has 132 valence electrons. The average molecular weight is 393 g/mol. The van der Waals surface area contributed by atoms with E-state index in [1.165, 1.54) is 36.4 Å². The summed E-state index contributed by atoms with van der Waals surface area (Å²) in [6, 6.07) is 9.44. The number of halogens is 2. The number of hydrogen-bond donors (Lipinski definition) is 0. The monoisotopic (exact) mass is 392 g/mol. The van der Waals surface area contributed by atoms with E-state index in [0.717, 1.165) is 22.7 Å². The fourth-order valence-corrected chi connectivity index (χ4v) is 3.40. The van der Waals surface area contributed by atoms with Gasteiger partial charge in [0.05, 0.1) is 16.4 Å². The summed E-state index contributed by atoms with van der Waals surface area (Å²) < 4.78 is 13.1. The van der Waals surface area contributed by atoms with Crippen LogP contribution in [-0.2, 0) is 11.3 Å². The van der Waals surface area contributed by atoms with Crippen molar-refractivity contribution in [2.75, 3.05) is 0 Å². The van der Waals surface area contributed by atoms with Crippen molar-refractivity contribution in [2.45, 2.75) is 6.54 Å². The summed E-state index contributed by atoms with van der Waals surface area (Å²) in [5.41, 5.74) is 0.757. The van der Waals surface area contributed by atoms with Gasteiger partial charge in [-0.1, -0.05) is 29.8 Å². The quantitative estimate of drug-likeness (QED) is 0.430. The number of nitrogens with zero attached hydrogens (tertiary/aromatic N) is 2. The van der Waals surface area contributed by atoms with Crippen LogP contribution in [0.4, 0.5) is 14.9 Å². The van der Waals surface area contributed by atoms with Crippen LogP contribution in [0.3, 0.4) is 0 Å². The van der Waals surface area contributed by atoms with Gasteiger partial charge < -0.3 is 0 Å². The molecule has 6 nitrogen and oxygen atoms in total. The van der Waals surface area contributed by atoms with Gasteiger partial charge in [-0.05, 0) is 41.1 Å². The van der Waals surface area contributed by atoms with Gasteiger partial charge in [-0.2, -0.15) is 0 Å². The second-order valence-corrected chi connectivity index (χ2v) is 6.76. The largest absolute Gasteiger partial charge is 0.293 e. The third-order valence-electron chi connectivity index (χ3n) is 3.60. The number of thioether (sulfide) groups is 1. The van der Waals surface area contributed by atoms with Crippen LogP contribution in [0.5, 0.6) is 0 Å². The first kappa shape index (κ1) is 18.1. The molecule has 3 rings (SSSR count). The van der Waals surface area contributed by atoms with Crippen molar-refractivity contribution in [3.63, 3.8) is 0 Å². The Hall–Kier alpha value is -2.71. The van der Waals surface area contributed by atoms with E-state index < -0.39 is 21.9 Å². The molecule has 2 aromatic carbocycles. The number of nitro benzene ring substituents is 1. The number of imide groups is 1. The van der Waals surface area contributed by atoms with Crippen molar-refractivity contribution >= 4 is 46.3 Å². The van der Waals surface area contributed by atoms with E-state index >= 15 is 0 Å². The maximum atomic E-state index is 13.1. The molecule has 0 unspecified atom stereocenters. The maximum Gasteiger partial charge on any atom is 0.293 e. The lowest BCUT2D eigenvalue weighted by atomic mass is 10.2. The predicted octanol–water partition coefficient (Wildman–Crippen LogP) is 4.62. The molecule has 0 bridgehead atoms. The zero-order valence-electron chi connectivity index (χ0n) is 13.0. The van der Waals surface area contributed by atoms with Gasteiger partial charge in [0.1, 0.15) is 5.82 Å². The molecule has 1 fully saturated rings. The normalized spacial score (nSPS) is 15.8. The summed E-state index contributed by atoms with van der Waals surface area (Å²) in [5.74, 6) is -1.05. The molecule has 1 heterocycles. The van der Waals surface area contributed by atoms with Crippen LogP contribution < -0.4 is 0 Å².